The van der Waals surface area contributed by atoms with Crippen molar-refractivity contribution in [2.24, 2.45) is 7.05 Å². The van der Waals surface area contributed by atoms with Crippen LogP contribution in [0.25, 0.3) is 0 Å². The van der Waals surface area contributed by atoms with Crippen molar-refractivity contribution in [3.8, 4) is 0 Å². The van der Waals surface area contributed by atoms with Crippen molar-refractivity contribution in [2.75, 3.05) is 13.1 Å². The van der Waals surface area contributed by atoms with E-state index in [1.165, 1.54) is 17.0 Å². The fraction of sp³-hybridized carbons (Fsp3) is 0.429. The average molecular weight is 287 g/mol. The minimum absolute atomic E-state index is 0.0995. The highest BCUT2D eigenvalue weighted by atomic mass is 16.2. The molecule has 1 atom stereocenters. The van der Waals surface area contributed by atoms with E-state index < -0.39 is 0 Å². The Morgan fingerprint density at radius 3 is 3.00 bits per heavy atom. The summed E-state index contributed by atoms with van der Waals surface area (Å²) in [7, 11) is 1.66. The third-order valence-corrected chi connectivity index (χ3v) is 3.85. The molecule has 0 spiro atoms. The Kier molecular flexibility index (Phi) is 3.55. The van der Waals surface area contributed by atoms with Crippen molar-refractivity contribution in [1.82, 2.24) is 24.2 Å². The second-order valence-corrected chi connectivity index (χ2v) is 5.29. The lowest BCUT2D eigenvalue weighted by Gasteiger charge is -2.32. The molecule has 1 aliphatic rings. The van der Waals surface area contributed by atoms with Crippen molar-refractivity contribution in [2.45, 2.75) is 18.9 Å². The van der Waals surface area contributed by atoms with Gasteiger partial charge in [-0.3, -0.25) is 9.59 Å². The molecule has 0 bridgehead atoms. The zero-order valence-electron chi connectivity index (χ0n) is 11.8. The summed E-state index contributed by atoms with van der Waals surface area (Å²) in [5.74, 6) is -0.0995. The van der Waals surface area contributed by atoms with Crippen LogP contribution >= 0.6 is 0 Å². The molecule has 0 aromatic carbocycles. The number of amides is 1. The molecule has 110 valence electrons. The Labute approximate surface area is 121 Å². The van der Waals surface area contributed by atoms with Crippen molar-refractivity contribution < 1.29 is 4.79 Å². The Hall–Kier alpha value is -2.44. The van der Waals surface area contributed by atoms with E-state index >= 15 is 0 Å². The van der Waals surface area contributed by atoms with Gasteiger partial charge in [-0.1, -0.05) is 0 Å². The van der Waals surface area contributed by atoms with Crippen LogP contribution in [-0.2, 0) is 7.05 Å². The molecular weight excluding hydrogens is 270 g/mol. The van der Waals surface area contributed by atoms with Crippen LogP contribution < -0.4 is 5.56 Å². The minimum atomic E-state index is -0.175. The smallest absolute Gasteiger partial charge is 0.254 e. The molecule has 1 saturated heterocycles. The number of hydrogen-bond donors (Lipinski definition) is 0. The maximum Gasteiger partial charge on any atom is 0.254 e. The van der Waals surface area contributed by atoms with E-state index in [1.807, 2.05) is 0 Å². The standard InChI is InChI=1S/C14H17N5O2/c1-17-6-4-11(7-13(17)20)14(21)18-5-2-3-12(8-18)19-10-15-9-16-19/h4,6-7,9-10,12H,2-3,5,8H2,1H3/t12-/m1/s1. The van der Waals surface area contributed by atoms with Gasteiger partial charge in [-0.15, -0.1) is 0 Å². The number of carbonyl (C=O) groups is 1. The molecule has 0 N–H and O–H groups in total. The number of rotatable bonds is 2. The summed E-state index contributed by atoms with van der Waals surface area (Å²) in [5.41, 5.74) is 0.267. The van der Waals surface area contributed by atoms with E-state index in [0.717, 1.165) is 12.8 Å². The lowest BCUT2D eigenvalue weighted by atomic mass is 10.0. The van der Waals surface area contributed by atoms with Crippen molar-refractivity contribution >= 4 is 5.91 Å². The number of nitrogens with zero attached hydrogens (tertiary/aromatic N) is 5. The Balaban J connectivity index is 1.78. The van der Waals surface area contributed by atoms with E-state index in [4.69, 9.17) is 0 Å². The highest BCUT2D eigenvalue weighted by Crippen LogP contribution is 2.21. The third kappa shape index (κ3) is 2.72. The number of hydrogen-bond acceptors (Lipinski definition) is 4. The van der Waals surface area contributed by atoms with Gasteiger partial charge < -0.3 is 9.47 Å². The first-order chi connectivity index (χ1) is 10.1. The van der Waals surface area contributed by atoms with Crippen LogP contribution in [0.3, 0.4) is 0 Å². The van der Waals surface area contributed by atoms with E-state index in [2.05, 4.69) is 10.1 Å². The molecule has 3 heterocycles. The summed E-state index contributed by atoms with van der Waals surface area (Å²) in [6, 6.07) is 3.22. The van der Waals surface area contributed by atoms with Crippen LogP contribution in [0.5, 0.6) is 0 Å². The van der Waals surface area contributed by atoms with Crippen LogP contribution in [-0.4, -0.2) is 43.2 Å². The van der Waals surface area contributed by atoms with Crippen molar-refractivity contribution in [3.63, 3.8) is 0 Å². The normalized spacial score (nSPS) is 18.7. The van der Waals surface area contributed by atoms with Crippen LogP contribution in [0.1, 0.15) is 29.2 Å². The number of pyridine rings is 1. The summed E-state index contributed by atoms with van der Waals surface area (Å²) >= 11 is 0. The first-order valence-corrected chi connectivity index (χ1v) is 6.95. The number of carbonyl (C=O) groups excluding carboxylic acids is 1. The van der Waals surface area contributed by atoms with E-state index in [0.29, 0.717) is 18.7 Å². The molecule has 21 heavy (non-hydrogen) atoms. The van der Waals surface area contributed by atoms with E-state index in [1.54, 1.807) is 35.2 Å². The summed E-state index contributed by atoms with van der Waals surface area (Å²) in [5, 5.41) is 4.15. The Morgan fingerprint density at radius 2 is 2.29 bits per heavy atom. The number of aryl methyl sites for hydroxylation is 1. The molecule has 1 amide bonds. The van der Waals surface area contributed by atoms with Gasteiger partial charge in [0.15, 0.2) is 0 Å². The summed E-state index contributed by atoms with van der Waals surface area (Å²) < 4.78 is 3.24. The Bertz CT molecular complexity index is 692. The molecule has 3 rings (SSSR count). The predicted octanol–water partition coefficient (Wildman–Crippen LogP) is 0.454. The molecule has 7 nitrogen and oxygen atoms in total. The van der Waals surface area contributed by atoms with Gasteiger partial charge in [0.1, 0.15) is 12.7 Å². The molecule has 1 fully saturated rings. The van der Waals surface area contributed by atoms with Gasteiger partial charge in [0.25, 0.3) is 11.5 Å². The molecule has 0 unspecified atom stereocenters. The minimum Gasteiger partial charge on any atom is -0.336 e. The van der Waals surface area contributed by atoms with E-state index in [9.17, 15) is 9.59 Å². The van der Waals surface area contributed by atoms with Crippen molar-refractivity contribution in [3.05, 3.63) is 46.9 Å². The highest BCUT2D eigenvalue weighted by Gasteiger charge is 2.26. The van der Waals surface area contributed by atoms with Gasteiger partial charge in [0.05, 0.1) is 6.04 Å². The molecular formula is C14H17N5O2. The van der Waals surface area contributed by atoms with Crippen LogP contribution in [0, 0.1) is 0 Å². The van der Waals surface area contributed by atoms with Crippen LogP contribution in [0.2, 0.25) is 0 Å². The first kappa shape index (κ1) is 13.5. The SMILES string of the molecule is Cn1ccc(C(=O)N2CCC[C@@H](n3cncn3)C2)cc1=O. The van der Waals surface area contributed by atoms with Gasteiger partial charge in [-0.25, -0.2) is 9.67 Å². The van der Waals surface area contributed by atoms with Gasteiger partial charge in [-0.05, 0) is 18.9 Å². The fourth-order valence-corrected chi connectivity index (χ4v) is 2.63. The van der Waals surface area contributed by atoms with Crippen LogP contribution in [0.15, 0.2) is 35.8 Å². The number of aromatic nitrogens is 4. The number of piperidine rings is 1. The highest BCUT2D eigenvalue weighted by molar-refractivity contribution is 5.94. The topological polar surface area (TPSA) is 73.0 Å². The molecule has 7 heteroatoms. The summed E-state index contributed by atoms with van der Waals surface area (Å²) in [6.07, 6.45) is 6.69. The number of likely N-dealkylation sites (tertiary alicyclic amines) is 1. The van der Waals surface area contributed by atoms with Gasteiger partial charge in [0.2, 0.25) is 0 Å². The maximum absolute atomic E-state index is 12.5. The maximum atomic E-state index is 12.5. The largest absolute Gasteiger partial charge is 0.336 e. The average Bonchev–Trinajstić information content (AvgIpc) is 3.04. The molecule has 0 radical (unpaired) electrons. The molecule has 0 saturated carbocycles. The second kappa shape index (κ2) is 5.51. The summed E-state index contributed by atoms with van der Waals surface area (Å²) in [6.45, 7) is 1.30. The van der Waals surface area contributed by atoms with Gasteiger partial charge >= 0.3 is 0 Å². The second-order valence-electron chi connectivity index (χ2n) is 5.29. The van der Waals surface area contributed by atoms with Gasteiger partial charge in [-0.2, -0.15) is 5.10 Å². The zero-order chi connectivity index (χ0) is 14.8. The first-order valence-electron chi connectivity index (χ1n) is 6.95. The lowest BCUT2D eigenvalue weighted by molar-refractivity contribution is 0.0672. The monoisotopic (exact) mass is 287 g/mol. The molecule has 2 aromatic rings. The zero-order valence-corrected chi connectivity index (χ0v) is 11.8. The molecule has 0 aliphatic carbocycles. The van der Waals surface area contributed by atoms with Crippen molar-refractivity contribution in [1.29, 1.82) is 0 Å². The molecule has 1 aliphatic heterocycles. The van der Waals surface area contributed by atoms with Crippen LogP contribution in [0.4, 0.5) is 0 Å². The van der Waals surface area contributed by atoms with Gasteiger partial charge in [0, 0.05) is 38.0 Å². The molecule has 2 aromatic heterocycles. The Morgan fingerprint density at radius 1 is 1.43 bits per heavy atom. The quantitative estimate of drug-likeness (QED) is 0.804. The third-order valence-electron chi connectivity index (χ3n) is 3.85. The predicted molar refractivity (Wildman–Crippen MR) is 75.9 cm³/mol. The fourth-order valence-electron chi connectivity index (χ4n) is 2.63. The van der Waals surface area contributed by atoms with E-state index in [-0.39, 0.29) is 17.5 Å². The lowest BCUT2D eigenvalue weighted by Crippen LogP contribution is -2.41. The summed E-state index contributed by atoms with van der Waals surface area (Å²) in [4.78, 5) is 29.9.